The molecule has 4 rings (SSSR count). The van der Waals surface area contributed by atoms with Crippen LogP contribution in [0.25, 0.3) is 27.8 Å². The van der Waals surface area contributed by atoms with Crippen LogP contribution >= 0.6 is 22.7 Å². The lowest BCUT2D eigenvalue weighted by atomic mass is 10.3. The first-order valence-electron chi connectivity index (χ1n) is 6.29. The van der Waals surface area contributed by atoms with Gasteiger partial charge in [-0.1, -0.05) is 11.3 Å². The van der Waals surface area contributed by atoms with Gasteiger partial charge >= 0.3 is 0 Å². The van der Waals surface area contributed by atoms with Crippen molar-refractivity contribution in [3.05, 3.63) is 46.2 Å². The largest absolute Gasteiger partial charge is 0.465 e. The Bertz CT molecular complexity index is 914. The van der Waals surface area contributed by atoms with Crippen molar-refractivity contribution in [3.8, 4) is 10.7 Å². The highest BCUT2D eigenvalue weighted by atomic mass is 32.1. The summed E-state index contributed by atoms with van der Waals surface area (Å²) < 4.78 is 7.06. The monoisotopic (exact) mass is 314 g/mol. The fourth-order valence-corrected chi connectivity index (χ4v) is 3.62. The highest BCUT2D eigenvalue weighted by Gasteiger charge is 2.15. The van der Waals surface area contributed by atoms with Gasteiger partial charge in [-0.2, -0.15) is 9.61 Å². The Balaban J connectivity index is 1.74. The van der Waals surface area contributed by atoms with E-state index in [1.165, 1.54) is 16.9 Å². The fourth-order valence-electron chi connectivity index (χ4n) is 1.98. The number of fused-ring (bicyclic) bond motifs is 1. The first-order valence-corrected chi connectivity index (χ1v) is 7.99. The number of hydrogen-bond acceptors (Lipinski definition) is 6. The molecule has 4 aromatic heterocycles. The van der Waals surface area contributed by atoms with Gasteiger partial charge in [0.25, 0.3) is 0 Å². The van der Waals surface area contributed by atoms with Crippen LogP contribution in [0, 0.1) is 6.92 Å². The van der Waals surface area contributed by atoms with Crippen molar-refractivity contribution < 1.29 is 4.42 Å². The van der Waals surface area contributed by atoms with Crippen molar-refractivity contribution in [1.29, 1.82) is 0 Å². The van der Waals surface area contributed by atoms with Gasteiger partial charge in [-0.15, -0.1) is 21.5 Å². The predicted octanol–water partition coefficient (Wildman–Crippen LogP) is 3.99. The molecule has 0 saturated carbocycles. The van der Waals surface area contributed by atoms with E-state index in [0.29, 0.717) is 0 Å². The van der Waals surface area contributed by atoms with E-state index in [4.69, 9.17) is 4.42 Å². The van der Waals surface area contributed by atoms with Gasteiger partial charge in [0.15, 0.2) is 5.82 Å². The molecule has 104 valence electrons. The Kier molecular flexibility index (Phi) is 2.94. The number of thiophene rings is 1. The quantitative estimate of drug-likeness (QED) is 0.574. The molecule has 4 aromatic rings. The second-order valence-corrected chi connectivity index (χ2v) is 6.34. The molecule has 0 fully saturated rings. The number of furan rings is 1. The third-order valence-electron chi connectivity index (χ3n) is 3.01. The average molecular weight is 314 g/mol. The SMILES string of the molecule is Cc1ccsc1-c1nnc2sc(/C=C/c3ccco3)nn12. The molecule has 5 nitrogen and oxygen atoms in total. The third-order valence-corrected chi connectivity index (χ3v) is 4.88. The Labute approximate surface area is 128 Å². The molecule has 0 spiro atoms. The Hall–Kier alpha value is -2.25. The predicted molar refractivity (Wildman–Crippen MR) is 84.3 cm³/mol. The molecular formula is C14H10N4OS2. The summed E-state index contributed by atoms with van der Waals surface area (Å²) in [5.74, 6) is 1.60. The van der Waals surface area contributed by atoms with Crippen LogP contribution in [0.4, 0.5) is 0 Å². The average Bonchev–Trinajstić information content (AvgIpc) is 3.20. The van der Waals surface area contributed by atoms with E-state index in [-0.39, 0.29) is 0 Å². The van der Waals surface area contributed by atoms with Gasteiger partial charge in [-0.25, -0.2) is 0 Å². The zero-order valence-electron chi connectivity index (χ0n) is 11.1. The van der Waals surface area contributed by atoms with Gasteiger partial charge < -0.3 is 4.42 Å². The van der Waals surface area contributed by atoms with Gasteiger partial charge in [0.1, 0.15) is 10.8 Å². The van der Waals surface area contributed by atoms with Crippen LogP contribution in [0.5, 0.6) is 0 Å². The number of nitrogens with zero attached hydrogens (tertiary/aromatic N) is 4. The molecule has 0 N–H and O–H groups in total. The molecule has 0 atom stereocenters. The second kappa shape index (κ2) is 4.94. The lowest BCUT2D eigenvalue weighted by molar-refractivity contribution is 0.557. The molecule has 0 saturated heterocycles. The molecule has 0 unspecified atom stereocenters. The zero-order valence-corrected chi connectivity index (χ0v) is 12.7. The van der Waals surface area contributed by atoms with Gasteiger partial charge in [-0.3, -0.25) is 0 Å². The highest BCUT2D eigenvalue weighted by molar-refractivity contribution is 7.17. The van der Waals surface area contributed by atoms with Crippen LogP contribution < -0.4 is 0 Å². The van der Waals surface area contributed by atoms with E-state index >= 15 is 0 Å². The zero-order chi connectivity index (χ0) is 14.2. The normalized spacial score (nSPS) is 11.9. The minimum Gasteiger partial charge on any atom is -0.465 e. The lowest BCUT2D eigenvalue weighted by Gasteiger charge is -1.93. The minimum absolute atomic E-state index is 0.789. The summed E-state index contributed by atoms with van der Waals surface area (Å²) in [7, 11) is 0. The molecule has 7 heteroatoms. The third kappa shape index (κ3) is 2.20. The van der Waals surface area contributed by atoms with Crippen molar-refractivity contribution >= 4 is 39.8 Å². The molecule has 0 aliphatic heterocycles. The van der Waals surface area contributed by atoms with Crippen molar-refractivity contribution in [2.45, 2.75) is 6.92 Å². The summed E-state index contributed by atoms with van der Waals surface area (Å²) in [6.07, 6.45) is 5.46. The van der Waals surface area contributed by atoms with Crippen LogP contribution in [0.1, 0.15) is 16.3 Å². The van der Waals surface area contributed by atoms with E-state index in [0.717, 1.165) is 26.4 Å². The molecular weight excluding hydrogens is 304 g/mol. The fraction of sp³-hybridized carbons (Fsp3) is 0.0714. The van der Waals surface area contributed by atoms with Gasteiger partial charge in [0.05, 0.1) is 11.1 Å². The standard InChI is InChI=1S/C14H10N4OS2/c1-9-6-8-20-12(9)13-15-16-14-18(13)17-11(21-14)5-4-10-3-2-7-19-10/h2-8H,1H3/b5-4+. The number of rotatable bonds is 3. The number of hydrogen-bond donors (Lipinski definition) is 0. The number of aromatic nitrogens is 4. The van der Waals surface area contributed by atoms with E-state index in [2.05, 4.69) is 33.7 Å². The second-order valence-electron chi connectivity index (χ2n) is 4.44. The van der Waals surface area contributed by atoms with Crippen LogP contribution in [0.15, 0.2) is 34.3 Å². The molecule has 0 radical (unpaired) electrons. The van der Waals surface area contributed by atoms with Crippen LogP contribution in [-0.4, -0.2) is 19.8 Å². The molecule has 0 aliphatic carbocycles. The van der Waals surface area contributed by atoms with Crippen LogP contribution in [0.2, 0.25) is 0 Å². The van der Waals surface area contributed by atoms with Gasteiger partial charge in [0, 0.05) is 0 Å². The molecule has 0 aromatic carbocycles. The molecule has 0 bridgehead atoms. The Morgan fingerprint density at radius 2 is 2.19 bits per heavy atom. The van der Waals surface area contributed by atoms with Gasteiger partial charge in [0.2, 0.25) is 4.96 Å². The Morgan fingerprint density at radius 1 is 1.24 bits per heavy atom. The van der Waals surface area contributed by atoms with Crippen molar-refractivity contribution in [3.63, 3.8) is 0 Å². The summed E-state index contributed by atoms with van der Waals surface area (Å²) in [4.78, 5) is 1.89. The van der Waals surface area contributed by atoms with E-state index in [9.17, 15) is 0 Å². The van der Waals surface area contributed by atoms with Crippen molar-refractivity contribution in [2.75, 3.05) is 0 Å². The molecule has 21 heavy (non-hydrogen) atoms. The van der Waals surface area contributed by atoms with E-state index < -0.39 is 0 Å². The summed E-state index contributed by atoms with van der Waals surface area (Å²) >= 11 is 3.15. The molecule has 4 heterocycles. The Morgan fingerprint density at radius 3 is 2.95 bits per heavy atom. The number of aryl methyl sites for hydroxylation is 1. The minimum atomic E-state index is 0.789. The maximum Gasteiger partial charge on any atom is 0.235 e. The van der Waals surface area contributed by atoms with E-state index in [1.807, 2.05) is 24.3 Å². The maximum atomic E-state index is 5.27. The van der Waals surface area contributed by atoms with E-state index in [1.54, 1.807) is 22.1 Å². The lowest BCUT2D eigenvalue weighted by Crippen LogP contribution is -1.89. The summed E-state index contributed by atoms with van der Waals surface area (Å²) in [6.45, 7) is 2.07. The first kappa shape index (κ1) is 12.5. The maximum absolute atomic E-state index is 5.27. The van der Waals surface area contributed by atoms with Crippen LogP contribution in [-0.2, 0) is 0 Å². The van der Waals surface area contributed by atoms with Crippen molar-refractivity contribution in [2.24, 2.45) is 0 Å². The van der Waals surface area contributed by atoms with Gasteiger partial charge in [-0.05, 0) is 48.2 Å². The summed E-state index contributed by atoms with van der Waals surface area (Å²) in [5.41, 5.74) is 1.19. The highest BCUT2D eigenvalue weighted by Crippen LogP contribution is 2.29. The summed E-state index contributed by atoms with van der Waals surface area (Å²) in [5, 5.41) is 15.9. The van der Waals surface area contributed by atoms with Crippen molar-refractivity contribution in [1.82, 2.24) is 19.8 Å². The summed E-state index contributed by atoms with van der Waals surface area (Å²) in [6, 6.07) is 5.83. The smallest absolute Gasteiger partial charge is 0.235 e. The topological polar surface area (TPSA) is 56.2 Å². The van der Waals surface area contributed by atoms with Crippen LogP contribution in [0.3, 0.4) is 0 Å². The molecule has 0 amide bonds. The first-order chi connectivity index (χ1) is 10.3. The molecule has 0 aliphatic rings.